The Balaban J connectivity index is 2.11. The standard InChI is InChI=1S/C7H12OS/c9-7-3-1-6(2-4-7)8-5-7/h6,9H,1-5H2. The van der Waals surface area contributed by atoms with E-state index in [4.69, 9.17) is 4.74 Å². The van der Waals surface area contributed by atoms with Gasteiger partial charge in [-0.25, -0.2) is 0 Å². The molecule has 0 atom stereocenters. The fourth-order valence-corrected chi connectivity index (χ4v) is 2.05. The molecule has 1 nitrogen and oxygen atoms in total. The van der Waals surface area contributed by atoms with E-state index in [1.165, 1.54) is 25.7 Å². The molecule has 0 amide bonds. The third-order valence-corrected chi connectivity index (χ3v) is 3.03. The van der Waals surface area contributed by atoms with Crippen molar-refractivity contribution in [1.29, 1.82) is 0 Å². The molecule has 0 aromatic carbocycles. The van der Waals surface area contributed by atoms with E-state index in [-0.39, 0.29) is 4.75 Å². The molecule has 3 rings (SSSR count). The van der Waals surface area contributed by atoms with Crippen LogP contribution in [0.15, 0.2) is 0 Å². The molecule has 1 saturated carbocycles. The second-order valence-electron chi connectivity index (χ2n) is 3.23. The first-order valence-electron chi connectivity index (χ1n) is 3.63. The third kappa shape index (κ3) is 0.987. The number of hydrogen-bond donors (Lipinski definition) is 1. The lowest BCUT2D eigenvalue weighted by Crippen LogP contribution is -2.43. The first-order valence-corrected chi connectivity index (χ1v) is 4.07. The summed E-state index contributed by atoms with van der Waals surface area (Å²) in [6, 6.07) is 0. The molecule has 1 aliphatic carbocycles. The van der Waals surface area contributed by atoms with Crippen molar-refractivity contribution in [2.75, 3.05) is 6.61 Å². The van der Waals surface area contributed by atoms with E-state index in [1.807, 2.05) is 0 Å². The summed E-state index contributed by atoms with van der Waals surface area (Å²) in [5.74, 6) is 0. The van der Waals surface area contributed by atoms with Gasteiger partial charge in [-0.15, -0.1) is 0 Å². The Morgan fingerprint density at radius 1 is 1.33 bits per heavy atom. The minimum absolute atomic E-state index is 0.259. The molecule has 0 N–H and O–H groups in total. The summed E-state index contributed by atoms with van der Waals surface area (Å²) in [5.41, 5.74) is 0. The summed E-state index contributed by atoms with van der Waals surface area (Å²) in [5, 5.41) is 0. The second kappa shape index (κ2) is 1.89. The number of hydrogen-bond acceptors (Lipinski definition) is 2. The molecule has 0 unspecified atom stereocenters. The van der Waals surface area contributed by atoms with Crippen molar-refractivity contribution in [2.24, 2.45) is 0 Å². The van der Waals surface area contributed by atoms with Gasteiger partial charge in [-0.05, 0) is 25.7 Å². The minimum Gasteiger partial charge on any atom is -0.377 e. The summed E-state index contributed by atoms with van der Waals surface area (Å²) in [7, 11) is 0. The van der Waals surface area contributed by atoms with Crippen molar-refractivity contribution in [3.8, 4) is 0 Å². The van der Waals surface area contributed by atoms with Gasteiger partial charge in [-0.2, -0.15) is 12.6 Å². The monoisotopic (exact) mass is 144 g/mol. The number of thiol groups is 1. The molecule has 0 radical (unpaired) electrons. The highest BCUT2D eigenvalue weighted by atomic mass is 32.1. The van der Waals surface area contributed by atoms with Crippen LogP contribution in [0.2, 0.25) is 0 Å². The van der Waals surface area contributed by atoms with Crippen LogP contribution in [0.25, 0.3) is 0 Å². The molecular weight excluding hydrogens is 132 g/mol. The lowest BCUT2D eigenvalue weighted by atomic mass is 9.84. The van der Waals surface area contributed by atoms with Crippen molar-refractivity contribution in [1.82, 2.24) is 0 Å². The molecule has 3 aliphatic rings. The molecular formula is C7H12OS. The molecule has 2 heterocycles. The van der Waals surface area contributed by atoms with Crippen LogP contribution >= 0.6 is 12.6 Å². The molecule has 0 aromatic rings. The van der Waals surface area contributed by atoms with Gasteiger partial charge in [0.15, 0.2) is 0 Å². The van der Waals surface area contributed by atoms with Crippen molar-refractivity contribution >= 4 is 12.6 Å². The molecule has 2 bridgehead atoms. The third-order valence-electron chi connectivity index (χ3n) is 2.45. The van der Waals surface area contributed by atoms with Gasteiger partial charge >= 0.3 is 0 Å². The maximum Gasteiger partial charge on any atom is 0.0614 e. The predicted octanol–water partition coefficient (Wildman–Crippen LogP) is 1.63. The summed E-state index contributed by atoms with van der Waals surface area (Å²) in [6.45, 7) is 0.890. The SMILES string of the molecule is SC12CCC(CC1)OC2. The Bertz CT molecular complexity index is 102. The van der Waals surface area contributed by atoms with Crippen LogP contribution in [0.3, 0.4) is 0 Å². The van der Waals surface area contributed by atoms with Crippen LogP contribution in [-0.4, -0.2) is 17.5 Å². The zero-order valence-electron chi connectivity index (χ0n) is 5.47. The van der Waals surface area contributed by atoms with Crippen LogP contribution in [0, 0.1) is 0 Å². The zero-order valence-corrected chi connectivity index (χ0v) is 6.36. The largest absolute Gasteiger partial charge is 0.377 e. The highest BCUT2D eigenvalue weighted by molar-refractivity contribution is 7.81. The van der Waals surface area contributed by atoms with Crippen LogP contribution in [-0.2, 0) is 4.74 Å². The van der Waals surface area contributed by atoms with Crippen LogP contribution in [0.4, 0.5) is 0 Å². The van der Waals surface area contributed by atoms with Crippen molar-refractivity contribution in [3.05, 3.63) is 0 Å². The molecule has 52 valence electrons. The Labute approximate surface area is 61.2 Å². The van der Waals surface area contributed by atoms with E-state index in [1.54, 1.807) is 0 Å². The van der Waals surface area contributed by atoms with E-state index < -0.39 is 0 Å². The molecule has 2 heteroatoms. The molecule has 3 fully saturated rings. The van der Waals surface area contributed by atoms with Crippen LogP contribution in [0.1, 0.15) is 25.7 Å². The van der Waals surface area contributed by atoms with Crippen LogP contribution < -0.4 is 0 Å². The van der Waals surface area contributed by atoms with Crippen molar-refractivity contribution < 1.29 is 4.74 Å². The predicted molar refractivity (Wildman–Crippen MR) is 39.9 cm³/mol. The van der Waals surface area contributed by atoms with Crippen LogP contribution in [0.5, 0.6) is 0 Å². The van der Waals surface area contributed by atoms with Crippen molar-refractivity contribution in [2.45, 2.75) is 36.5 Å². The lowest BCUT2D eigenvalue weighted by Gasteiger charge is -2.43. The summed E-state index contributed by atoms with van der Waals surface area (Å²) in [4.78, 5) is 0. The van der Waals surface area contributed by atoms with Gasteiger partial charge in [0.25, 0.3) is 0 Å². The quantitative estimate of drug-likeness (QED) is 0.508. The van der Waals surface area contributed by atoms with Gasteiger partial charge in [-0.3, -0.25) is 0 Å². The maximum absolute atomic E-state index is 5.50. The highest BCUT2D eigenvalue weighted by Gasteiger charge is 2.38. The smallest absolute Gasteiger partial charge is 0.0614 e. The fourth-order valence-electron chi connectivity index (χ4n) is 1.71. The van der Waals surface area contributed by atoms with E-state index in [0.29, 0.717) is 6.10 Å². The first-order chi connectivity index (χ1) is 4.29. The van der Waals surface area contributed by atoms with E-state index in [0.717, 1.165) is 6.61 Å². The molecule has 2 aliphatic heterocycles. The zero-order chi connectivity index (χ0) is 6.32. The number of rotatable bonds is 0. The second-order valence-corrected chi connectivity index (χ2v) is 4.18. The molecule has 0 spiro atoms. The number of fused-ring (bicyclic) bond motifs is 3. The molecule has 0 aromatic heterocycles. The van der Waals surface area contributed by atoms with Gasteiger partial charge < -0.3 is 4.74 Å². The van der Waals surface area contributed by atoms with Crippen molar-refractivity contribution in [3.63, 3.8) is 0 Å². The van der Waals surface area contributed by atoms with Gasteiger partial charge in [0.1, 0.15) is 0 Å². The Morgan fingerprint density at radius 2 is 2.00 bits per heavy atom. The van der Waals surface area contributed by atoms with Gasteiger partial charge in [0, 0.05) is 4.75 Å². The highest BCUT2D eigenvalue weighted by Crippen LogP contribution is 2.40. The van der Waals surface area contributed by atoms with Gasteiger partial charge in [0.05, 0.1) is 12.7 Å². The number of ether oxygens (including phenoxy) is 1. The summed E-state index contributed by atoms with van der Waals surface area (Å²) < 4.78 is 5.76. The first kappa shape index (κ1) is 6.05. The van der Waals surface area contributed by atoms with E-state index in [9.17, 15) is 0 Å². The Morgan fingerprint density at radius 3 is 2.22 bits per heavy atom. The Kier molecular flexibility index (Phi) is 1.27. The van der Waals surface area contributed by atoms with E-state index in [2.05, 4.69) is 12.6 Å². The fraction of sp³-hybridized carbons (Fsp3) is 1.00. The molecule has 9 heavy (non-hydrogen) atoms. The van der Waals surface area contributed by atoms with E-state index >= 15 is 0 Å². The minimum atomic E-state index is 0.259. The average molecular weight is 144 g/mol. The maximum atomic E-state index is 5.50. The Hall–Kier alpha value is 0.310. The summed E-state index contributed by atoms with van der Waals surface area (Å²) in [6.07, 6.45) is 5.59. The van der Waals surface area contributed by atoms with Gasteiger partial charge in [0.2, 0.25) is 0 Å². The molecule has 2 saturated heterocycles. The topological polar surface area (TPSA) is 9.23 Å². The normalized spacial score (nSPS) is 49.7. The van der Waals surface area contributed by atoms with Gasteiger partial charge in [-0.1, -0.05) is 0 Å². The summed E-state index contributed by atoms with van der Waals surface area (Å²) >= 11 is 4.56. The lowest BCUT2D eigenvalue weighted by molar-refractivity contribution is -0.0470. The average Bonchev–Trinajstić information content (AvgIpc) is 1.90.